The summed E-state index contributed by atoms with van der Waals surface area (Å²) in [5.41, 5.74) is 5.68. The fraction of sp³-hybridized carbons (Fsp3) is 0.391. The Morgan fingerprint density at radius 1 is 1.11 bits per heavy atom. The number of unbranched alkanes of at least 4 members (excludes halogenated alkanes) is 1. The van der Waals surface area contributed by atoms with E-state index in [9.17, 15) is 4.79 Å². The molecule has 27 heavy (non-hydrogen) atoms. The fourth-order valence-electron chi connectivity index (χ4n) is 3.98. The molecule has 2 heterocycles. The van der Waals surface area contributed by atoms with Crippen molar-refractivity contribution >= 4 is 22.6 Å². The van der Waals surface area contributed by atoms with Crippen molar-refractivity contribution in [1.82, 2.24) is 9.55 Å². The Kier molecular flexibility index (Phi) is 4.73. The van der Waals surface area contributed by atoms with Gasteiger partial charge in [0.1, 0.15) is 5.82 Å². The molecule has 0 spiro atoms. The lowest BCUT2D eigenvalue weighted by atomic mass is 10.1. The summed E-state index contributed by atoms with van der Waals surface area (Å²) < 4.78 is 2.33. The smallest absolute Gasteiger partial charge is 0.227 e. The highest BCUT2D eigenvalue weighted by Gasteiger charge is 2.34. The number of anilines is 1. The number of aryl methyl sites for hydroxylation is 3. The number of nitrogens with zero attached hydrogens (tertiary/aromatic N) is 3. The molecule has 0 aliphatic carbocycles. The summed E-state index contributed by atoms with van der Waals surface area (Å²) in [4.78, 5) is 19.6. The third-order valence-electron chi connectivity index (χ3n) is 5.71. The highest BCUT2D eigenvalue weighted by atomic mass is 16.2. The molecule has 4 nitrogen and oxygen atoms in total. The van der Waals surface area contributed by atoms with Gasteiger partial charge in [0.15, 0.2) is 0 Å². The van der Waals surface area contributed by atoms with Crippen LogP contribution in [0.15, 0.2) is 42.5 Å². The predicted molar refractivity (Wildman–Crippen MR) is 110 cm³/mol. The van der Waals surface area contributed by atoms with Crippen molar-refractivity contribution in [3.8, 4) is 0 Å². The molecule has 1 saturated heterocycles. The molecule has 1 amide bonds. The van der Waals surface area contributed by atoms with Crippen molar-refractivity contribution in [3.05, 3.63) is 59.4 Å². The zero-order valence-corrected chi connectivity index (χ0v) is 16.4. The van der Waals surface area contributed by atoms with Gasteiger partial charge in [-0.15, -0.1) is 0 Å². The van der Waals surface area contributed by atoms with Gasteiger partial charge < -0.3 is 9.47 Å². The normalized spacial score (nSPS) is 17.2. The van der Waals surface area contributed by atoms with Crippen LogP contribution in [-0.4, -0.2) is 22.0 Å². The highest BCUT2D eigenvalue weighted by Crippen LogP contribution is 2.34. The third kappa shape index (κ3) is 3.25. The van der Waals surface area contributed by atoms with Gasteiger partial charge in [0.25, 0.3) is 0 Å². The zero-order valence-electron chi connectivity index (χ0n) is 16.4. The van der Waals surface area contributed by atoms with E-state index in [2.05, 4.69) is 61.7 Å². The number of fused-ring (bicyclic) bond motifs is 1. The lowest BCUT2D eigenvalue weighted by Gasteiger charge is -2.18. The topological polar surface area (TPSA) is 38.1 Å². The van der Waals surface area contributed by atoms with Crippen molar-refractivity contribution < 1.29 is 4.79 Å². The summed E-state index contributed by atoms with van der Waals surface area (Å²) in [5.74, 6) is 1.39. The molecular weight excluding hydrogens is 334 g/mol. The quantitative estimate of drug-likeness (QED) is 0.643. The van der Waals surface area contributed by atoms with Crippen molar-refractivity contribution in [2.24, 2.45) is 0 Å². The summed E-state index contributed by atoms with van der Waals surface area (Å²) in [6, 6.07) is 14.6. The second kappa shape index (κ2) is 7.18. The molecule has 0 radical (unpaired) electrons. The van der Waals surface area contributed by atoms with Gasteiger partial charge in [-0.25, -0.2) is 4.98 Å². The molecule has 4 heteroatoms. The number of carbonyl (C=O) groups excluding carboxylic acids is 1. The number of rotatable bonds is 5. The van der Waals surface area contributed by atoms with Gasteiger partial charge in [0, 0.05) is 31.1 Å². The maximum Gasteiger partial charge on any atom is 0.227 e. The maximum absolute atomic E-state index is 12.8. The van der Waals surface area contributed by atoms with Crippen LogP contribution in [0.5, 0.6) is 0 Å². The van der Waals surface area contributed by atoms with Gasteiger partial charge in [0.2, 0.25) is 5.91 Å². The van der Waals surface area contributed by atoms with Crippen molar-refractivity contribution in [2.45, 2.75) is 52.5 Å². The van der Waals surface area contributed by atoms with Crippen LogP contribution >= 0.6 is 0 Å². The first-order valence-corrected chi connectivity index (χ1v) is 9.91. The first-order valence-electron chi connectivity index (χ1n) is 9.91. The standard InChI is InChI=1S/C23H27N3O/c1-4-5-12-25-21-9-7-6-8-20(21)24-23(25)18-14-22(27)26(15-18)19-11-10-16(2)17(3)13-19/h6-11,13,18H,4-5,12,14-15H2,1-3H3/t18-/m0/s1. The van der Waals surface area contributed by atoms with Crippen LogP contribution in [-0.2, 0) is 11.3 Å². The minimum atomic E-state index is 0.142. The van der Waals surface area contributed by atoms with Gasteiger partial charge in [0.05, 0.1) is 11.0 Å². The monoisotopic (exact) mass is 361 g/mol. The molecule has 3 aromatic rings. The molecule has 2 aromatic carbocycles. The Hall–Kier alpha value is -2.62. The van der Waals surface area contributed by atoms with Gasteiger partial charge in [-0.2, -0.15) is 0 Å². The minimum absolute atomic E-state index is 0.142. The van der Waals surface area contributed by atoms with Crippen LogP contribution in [0.25, 0.3) is 11.0 Å². The van der Waals surface area contributed by atoms with E-state index < -0.39 is 0 Å². The molecule has 0 unspecified atom stereocenters. The third-order valence-corrected chi connectivity index (χ3v) is 5.71. The van der Waals surface area contributed by atoms with E-state index in [4.69, 9.17) is 4.98 Å². The number of carbonyl (C=O) groups is 1. The molecule has 1 atom stereocenters. The maximum atomic E-state index is 12.8. The molecule has 0 bridgehead atoms. The molecule has 1 fully saturated rings. The average molecular weight is 361 g/mol. The van der Waals surface area contributed by atoms with Crippen LogP contribution in [0, 0.1) is 13.8 Å². The number of imidazole rings is 1. The van der Waals surface area contributed by atoms with Crippen molar-refractivity contribution in [3.63, 3.8) is 0 Å². The number of amides is 1. The Bertz CT molecular complexity index is 988. The number of hydrogen-bond acceptors (Lipinski definition) is 2. The van der Waals surface area contributed by atoms with Gasteiger partial charge >= 0.3 is 0 Å². The minimum Gasteiger partial charge on any atom is -0.328 e. The molecule has 1 aromatic heterocycles. The Labute approximate surface area is 160 Å². The van der Waals surface area contributed by atoms with Crippen LogP contribution in [0.3, 0.4) is 0 Å². The molecule has 0 saturated carbocycles. The number of hydrogen-bond donors (Lipinski definition) is 0. The van der Waals surface area contributed by atoms with Crippen molar-refractivity contribution in [1.29, 1.82) is 0 Å². The Balaban J connectivity index is 1.68. The first kappa shape index (κ1) is 17.8. The molecule has 1 aliphatic heterocycles. The Morgan fingerprint density at radius 3 is 2.70 bits per heavy atom. The SMILES string of the molecule is CCCCn1c([C@H]2CC(=O)N(c3ccc(C)c(C)c3)C2)nc2ccccc21. The molecule has 1 aliphatic rings. The highest BCUT2D eigenvalue weighted by molar-refractivity contribution is 5.96. The summed E-state index contributed by atoms with van der Waals surface area (Å²) in [6.45, 7) is 8.07. The summed E-state index contributed by atoms with van der Waals surface area (Å²) in [5, 5.41) is 0. The predicted octanol–water partition coefficient (Wildman–Crippen LogP) is 4.97. The molecule has 0 N–H and O–H groups in total. The number of para-hydroxylation sites is 2. The van der Waals surface area contributed by atoms with E-state index in [0.717, 1.165) is 36.4 Å². The van der Waals surface area contributed by atoms with E-state index in [-0.39, 0.29) is 11.8 Å². The lowest BCUT2D eigenvalue weighted by molar-refractivity contribution is -0.117. The number of aromatic nitrogens is 2. The molecule has 4 rings (SSSR count). The fourth-order valence-corrected chi connectivity index (χ4v) is 3.98. The van der Waals surface area contributed by atoms with Crippen LogP contribution < -0.4 is 4.90 Å². The van der Waals surface area contributed by atoms with Gasteiger partial charge in [-0.3, -0.25) is 4.79 Å². The van der Waals surface area contributed by atoms with E-state index in [1.165, 1.54) is 16.6 Å². The molecular formula is C23H27N3O. The van der Waals surface area contributed by atoms with E-state index >= 15 is 0 Å². The zero-order chi connectivity index (χ0) is 19.0. The van der Waals surface area contributed by atoms with Crippen molar-refractivity contribution in [2.75, 3.05) is 11.4 Å². The van der Waals surface area contributed by atoms with Gasteiger partial charge in [-0.05, 0) is 55.7 Å². The largest absolute Gasteiger partial charge is 0.328 e. The summed E-state index contributed by atoms with van der Waals surface area (Å²) in [6.07, 6.45) is 2.79. The average Bonchev–Trinajstić information content (AvgIpc) is 3.23. The Morgan fingerprint density at radius 2 is 1.93 bits per heavy atom. The molecule has 140 valence electrons. The lowest BCUT2D eigenvalue weighted by Crippen LogP contribution is -2.24. The van der Waals surface area contributed by atoms with E-state index in [1.54, 1.807) is 0 Å². The van der Waals surface area contributed by atoms with Gasteiger partial charge in [-0.1, -0.05) is 31.5 Å². The van der Waals surface area contributed by atoms with E-state index in [0.29, 0.717) is 13.0 Å². The van der Waals surface area contributed by atoms with Crippen LogP contribution in [0.2, 0.25) is 0 Å². The van der Waals surface area contributed by atoms with Crippen LogP contribution in [0.4, 0.5) is 5.69 Å². The first-order chi connectivity index (χ1) is 13.1. The second-order valence-corrected chi connectivity index (χ2v) is 7.64. The van der Waals surface area contributed by atoms with E-state index in [1.807, 2.05) is 11.0 Å². The second-order valence-electron chi connectivity index (χ2n) is 7.64. The van der Waals surface area contributed by atoms with Crippen LogP contribution in [0.1, 0.15) is 49.1 Å². The number of benzene rings is 2. The summed E-state index contributed by atoms with van der Waals surface area (Å²) >= 11 is 0. The summed E-state index contributed by atoms with van der Waals surface area (Å²) in [7, 11) is 0.